The van der Waals surface area contributed by atoms with E-state index in [1.165, 1.54) is 7.11 Å². The zero-order valence-corrected chi connectivity index (χ0v) is 18.9. The monoisotopic (exact) mass is 445 g/mol. The molecule has 6 atom stereocenters. The lowest BCUT2D eigenvalue weighted by Gasteiger charge is -2.47. The maximum atomic E-state index is 13.0. The van der Waals surface area contributed by atoms with Gasteiger partial charge in [-0.2, -0.15) is 10.5 Å². The van der Waals surface area contributed by atoms with Crippen LogP contribution in [-0.2, 0) is 19.0 Å². The summed E-state index contributed by atoms with van der Waals surface area (Å²) in [5.41, 5.74) is 1.79. The Balaban J connectivity index is 1.88. The van der Waals surface area contributed by atoms with E-state index in [4.69, 9.17) is 14.2 Å². The van der Waals surface area contributed by atoms with Gasteiger partial charge in [0.2, 0.25) is 0 Å². The number of nitrogens with zero attached hydrogens (tertiary/aromatic N) is 3. The summed E-state index contributed by atoms with van der Waals surface area (Å²) >= 11 is 0. The number of nitriles is 2. The Morgan fingerprint density at radius 3 is 2.12 bits per heavy atom. The fraction of sp³-hybridized carbons (Fsp3) is 0.423. The average molecular weight is 446 g/mol. The molecule has 0 radical (unpaired) electrons. The Bertz CT molecular complexity index is 1060. The predicted octanol–water partition coefficient (Wildman–Crippen LogP) is 3.76. The summed E-state index contributed by atoms with van der Waals surface area (Å²) in [5, 5.41) is 20.1. The minimum atomic E-state index is -0.931. The molecule has 4 rings (SSSR count). The zero-order valence-electron chi connectivity index (χ0n) is 18.9. The lowest BCUT2D eigenvalue weighted by Crippen LogP contribution is -2.56. The van der Waals surface area contributed by atoms with Crippen LogP contribution < -0.4 is 0 Å². The quantitative estimate of drug-likeness (QED) is 0.661. The first-order valence-electron chi connectivity index (χ1n) is 11.0. The van der Waals surface area contributed by atoms with Crippen molar-refractivity contribution in [2.45, 2.75) is 43.9 Å². The summed E-state index contributed by atoms with van der Waals surface area (Å²) < 4.78 is 17.6. The molecular weight excluding hydrogens is 418 g/mol. The van der Waals surface area contributed by atoms with Crippen molar-refractivity contribution in [3.05, 3.63) is 71.8 Å². The Hall–Kier alpha value is -3.23. The van der Waals surface area contributed by atoms with E-state index in [-0.39, 0.29) is 6.61 Å². The van der Waals surface area contributed by atoms with Crippen LogP contribution >= 0.6 is 0 Å². The Kier molecular flexibility index (Phi) is 6.49. The van der Waals surface area contributed by atoms with Crippen molar-refractivity contribution in [3.8, 4) is 12.1 Å². The number of carbonyl (C=O) groups excluding carboxylic acids is 1. The van der Waals surface area contributed by atoms with Crippen molar-refractivity contribution in [2.75, 3.05) is 13.7 Å². The largest absolute Gasteiger partial charge is 0.468 e. The second kappa shape index (κ2) is 9.33. The molecule has 0 aromatic heterocycles. The maximum Gasteiger partial charge on any atom is 0.324 e. The summed E-state index contributed by atoms with van der Waals surface area (Å²) in [6.45, 7) is 3.97. The van der Waals surface area contributed by atoms with Crippen LogP contribution in [0.5, 0.6) is 0 Å². The van der Waals surface area contributed by atoms with Crippen LogP contribution in [0.15, 0.2) is 60.7 Å². The molecule has 0 aliphatic carbocycles. The number of likely N-dealkylation sites (tertiary alicyclic amines) is 1. The van der Waals surface area contributed by atoms with Crippen LogP contribution in [0.25, 0.3) is 0 Å². The highest BCUT2D eigenvalue weighted by atomic mass is 16.7. The molecule has 2 aromatic carbocycles. The van der Waals surface area contributed by atoms with Crippen LogP contribution in [0.1, 0.15) is 37.1 Å². The molecule has 2 saturated heterocycles. The molecular formula is C26H27N3O4. The van der Waals surface area contributed by atoms with Crippen molar-refractivity contribution < 1.29 is 19.0 Å². The third kappa shape index (κ3) is 4.24. The number of carbonyl (C=O) groups is 1. The number of methoxy groups -OCH3 is 1. The second-order valence-corrected chi connectivity index (χ2v) is 8.81. The highest BCUT2D eigenvalue weighted by Gasteiger charge is 2.58. The van der Waals surface area contributed by atoms with E-state index in [0.29, 0.717) is 0 Å². The van der Waals surface area contributed by atoms with E-state index in [9.17, 15) is 15.3 Å². The normalized spacial score (nSPS) is 31.3. The maximum absolute atomic E-state index is 13.0. The van der Waals surface area contributed by atoms with Gasteiger partial charge in [0.15, 0.2) is 5.79 Å². The molecule has 0 amide bonds. The Morgan fingerprint density at radius 1 is 1.00 bits per heavy atom. The minimum absolute atomic E-state index is 0.264. The van der Waals surface area contributed by atoms with Crippen molar-refractivity contribution >= 4 is 5.97 Å². The molecule has 0 saturated carbocycles. The number of ether oxygens (including phenoxy) is 3. The molecule has 170 valence electrons. The van der Waals surface area contributed by atoms with Gasteiger partial charge in [0.25, 0.3) is 0 Å². The Morgan fingerprint density at radius 2 is 1.58 bits per heavy atom. The van der Waals surface area contributed by atoms with Crippen LogP contribution in [0.3, 0.4) is 0 Å². The van der Waals surface area contributed by atoms with E-state index in [2.05, 4.69) is 12.1 Å². The summed E-state index contributed by atoms with van der Waals surface area (Å²) in [6, 6.07) is 21.9. The Labute approximate surface area is 194 Å². The number of esters is 1. The summed E-state index contributed by atoms with van der Waals surface area (Å²) in [6.07, 6.45) is -0.440. The van der Waals surface area contributed by atoms with Gasteiger partial charge in [0, 0.05) is 0 Å². The third-order valence-corrected chi connectivity index (χ3v) is 6.46. The lowest BCUT2D eigenvalue weighted by molar-refractivity contribution is -0.300. The van der Waals surface area contributed by atoms with Gasteiger partial charge >= 0.3 is 5.97 Å². The molecule has 33 heavy (non-hydrogen) atoms. The molecule has 2 aromatic rings. The van der Waals surface area contributed by atoms with Crippen molar-refractivity contribution in [1.82, 2.24) is 4.90 Å². The van der Waals surface area contributed by atoms with E-state index < -0.39 is 47.8 Å². The van der Waals surface area contributed by atoms with Crippen molar-refractivity contribution in [2.24, 2.45) is 11.8 Å². The molecule has 2 aliphatic rings. The number of hydrogen-bond donors (Lipinski definition) is 0. The topological polar surface area (TPSA) is 95.6 Å². The standard InChI is InChI=1S/C26H27N3O4/c1-26(2)32-16-21(24(33-26)18-12-8-5-9-13-18)29-22(17-10-6-4-7-11-17)19(14-27)20(15-28)23(29)25(30)31-3/h4-13,19-24H,16H2,1-3H3/t19-,20?,21+,22-,23?,24+/m1/s1. The molecule has 2 heterocycles. The highest BCUT2D eigenvalue weighted by Crippen LogP contribution is 2.49. The van der Waals surface area contributed by atoms with E-state index in [1.54, 1.807) is 0 Å². The molecule has 0 bridgehead atoms. The van der Waals surface area contributed by atoms with Crippen LogP contribution in [0.2, 0.25) is 0 Å². The van der Waals surface area contributed by atoms with Gasteiger partial charge in [-0.3, -0.25) is 9.69 Å². The molecule has 0 N–H and O–H groups in total. The van der Waals surface area contributed by atoms with Gasteiger partial charge in [-0.15, -0.1) is 0 Å². The summed E-state index contributed by atoms with van der Waals surface area (Å²) in [4.78, 5) is 15.0. The molecule has 7 heteroatoms. The first kappa shape index (κ1) is 22.9. The number of hydrogen-bond acceptors (Lipinski definition) is 7. The average Bonchev–Trinajstić information content (AvgIpc) is 3.18. The van der Waals surface area contributed by atoms with Gasteiger partial charge in [-0.1, -0.05) is 60.7 Å². The van der Waals surface area contributed by atoms with Crippen LogP contribution in [-0.4, -0.2) is 42.5 Å². The molecule has 2 unspecified atom stereocenters. The van der Waals surface area contributed by atoms with Crippen molar-refractivity contribution in [1.29, 1.82) is 10.5 Å². The first-order valence-corrected chi connectivity index (χ1v) is 11.0. The van der Waals surface area contributed by atoms with Gasteiger partial charge in [0.1, 0.15) is 12.1 Å². The molecule has 2 aliphatic heterocycles. The first-order chi connectivity index (χ1) is 15.9. The fourth-order valence-electron chi connectivity index (χ4n) is 5.04. The smallest absolute Gasteiger partial charge is 0.324 e. The minimum Gasteiger partial charge on any atom is -0.468 e. The lowest BCUT2D eigenvalue weighted by atomic mass is 9.86. The molecule has 7 nitrogen and oxygen atoms in total. The number of rotatable bonds is 4. The van der Waals surface area contributed by atoms with Gasteiger partial charge in [0.05, 0.1) is 49.8 Å². The summed E-state index contributed by atoms with van der Waals surface area (Å²) in [7, 11) is 1.30. The molecule has 0 spiro atoms. The van der Waals surface area contributed by atoms with E-state index in [1.807, 2.05) is 79.4 Å². The van der Waals surface area contributed by atoms with E-state index in [0.717, 1.165) is 11.1 Å². The number of benzene rings is 2. The van der Waals surface area contributed by atoms with Gasteiger partial charge in [-0.25, -0.2) is 0 Å². The SMILES string of the molecule is COC(=O)C1C(C#N)[C@@H](C#N)[C@@H](c2ccccc2)N1[C@H]1COC(C)(C)O[C@H]1c1ccccc1. The van der Waals surface area contributed by atoms with Crippen LogP contribution in [0.4, 0.5) is 0 Å². The van der Waals surface area contributed by atoms with Gasteiger partial charge < -0.3 is 14.2 Å². The highest BCUT2D eigenvalue weighted by molar-refractivity contribution is 5.77. The second-order valence-electron chi connectivity index (χ2n) is 8.81. The molecule has 2 fully saturated rings. The van der Waals surface area contributed by atoms with Gasteiger partial charge in [-0.05, 0) is 25.0 Å². The fourth-order valence-corrected chi connectivity index (χ4v) is 5.04. The third-order valence-electron chi connectivity index (χ3n) is 6.46. The van der Waals surface area contributed by atoms with Crippen LogP contribution in [0, 0.1) is 34.5 Å². The predicted molar refractivity (Wildman–Crippen MR) is 119 cm³/mol. The van der Waals surface area contributed by atoms with Crippen molar-refractivity contribution in [3.63, 3.8) is 0 Å². The summed E-state index contributed by atoms with van der Waals surface area (Å²) in [5.74, 6) is -2.97. The zero-order chi connectivity index (χ0) is 23.6. The van der Waals surface area contributed by atoms with E-state index >= 15 is 0 Å².